The van der Waals surface area contributed by atoms with Crippen LogP contribution in [0.25, 0.3) is 28.2 Å². The number of fused-ring (bicyclic) bond motifs is 3. The number of aryl methyl sites for hydroxylation is 3. The van der Waals surface area contributed by atoms with Crippen molar-refractivity contribution in [3.8, 4) is 17.1 Å². The van der Waals surface area contributed by atoms with Gasteiger partial charge in [0.15, 0.2) is 5.88 Å². The zero-order valence-corrected chi connectivity index (χ0v) is 23.2. The molecule has 2 bridgehead atoms. The maximum atomic E-state index is 9.74. The van der Waals surface area contributed by atoms with Crippen molar-refractivity contribution in [3.63, 3.8) is 0 Å². The van der Waals surface area contributed by atoms with E-state index in [2.05, 4.69) is 20.2 Å². The number of aliphatic imine (C=N–C) groups is 1. The zero-order valence-electron chi connectivity index (χ0n) is 23.2. The molecule has 0 spiro atoms. The molecule has 2 unspecified atom stereocenters. The van der Waals surface area contributed by atoms with Gasteiger partial charge in [-0.15, -0.1) is 0 Å². The molecule has 204 valence electrons. The summed E-state index contributed by atoms with van der Waals surface area (Å²) < 4.78 is 14.0. The van der Waals surface area contributed by atoms with Crippen molar-refractivity contribution >= 4 is 22.7 Å². The number of aromatic amines is 1. The van der Waals surface area contributed by atoms with Gasteiger partial charge in [0.05, 0.1) is 58.9 Å². The number of rotatable bonds is 4. The van der Waals surface area contributed by atoms with Crippen LogP contribution >= 0.6 is 0 Å². The minimum absolute atomic E-state index is 0.0822. The smallest absolute Gasteiger partial charge is 0.221 e. The Morgan fingerprint density at radius 2 is 2.08 bits per heavy atom. The molecular weight excluding hydrogens is 484 g/mol. The van der Waals surface area contributed by atoms with Crippen LogP contribution in [-0.2, 0) is 11.8 Å². The number of hydrogen-bond donors (Lipinski definition) is 3. The van der Waals surface area contributed by atoms with Crippen molar-refractivity contribution in [2.24, 2.45) is 17.8 Å². The number of aliphatic hydroxyl groups is 1. The molecule has 3 aromatic heterocycles. The summed E-state index contributed by atoms with van der Waals surface area (Å²) in [6.45, 7) is 11.1. The molecule has 3 aromatic rings. The lowest BCUT2D eigenvalue weighted by molar-refractivity contribution is 0.159. The minimum atomic E-state index is -0.309. The monoisotopic (exact) mass is 522 g/mol. The van der Waals surface area contributed by atoms with E-state index in [0.717, 1.165) is 39.2 Å². The van der Waals surface area contributed by atoms with Crippen LogP contribution in [0.3, 0.4) is 0 Å². The second-order valence-corrected chi connectivity index (χ2v) is 9.79. The highest BCUT2D eigenvalue weighted by atomic mass is 16.5. The Morgan fingerprint density at radius 3 is 2.79 bits per heavy atom. The SMILES string of the molecule is CCO/C(N)=C1\C=C\c2[nH]nc3c(C)nc(cc23)-c2c(C)nn(C)c2OC(C)CN(C)CC1=NC(C)CO. The number of nitrogens with zero attached hydrogens (tertiary/aromatic N) is 6. The third kappa shape index (κ3) is 5.58. The van der Waals surface area contributed by atoms with E-state index in [0.29, 0.717) is 36.9 Å². The molecule has 0 aromatic carbocycles. The summed E-state index contributed by atoms with van der Waals surface area (Å²) in [6.07, 6.45) is 3.65. The van der Waals surface area contributed by atoms with Gasteiger partial charge in [-0.05, 0) is 59.9 Å². The number of H-pyrrole nitrogens is 1. The number of aromatic nitrogens is 5. The van der Waals surface area contributed by atoms with Gasteiger partial charge < -0.3 is 20.3 Å². The third-order valence-electron chi connectivity index (χ3n) is 6.41. The van der Waals surface area contributed by atoms with Crippen LogP contribution in [0.4, 0.5) is 0 Å². The summed E-state index contributed by atoms with van der Waals surface area (Å²) in [7, 11) is 3.87. The molecule has 1 aliphatic rings. The quantitative estimate of drug-likeness (QED) is 0.445. The van der Waals surface area contributed by atoms with Crippen LogP contribution in [0.15, 0.2) is 28.6 Å². The molecule has 38 heavy (non-hydrogen) atoms. The van der Waals surface area contributed by atoms with Gasteiger partial charge in [-0.1, -0.05) is 0 Å². The normalized spacial score (nSPS) is 21.1. The minimum Gasteiger partial charge on any atom is -0.479 e. The summed E-state index contributed by atoms with van der Waals surface area (Å²) in [6, 6.07) is 1.70. The summed E-state index contributed by atoms with van der Waals surface area (Å²) in [5.74, 6) is 0.931. The van der Waals surface area contributed by atoms with Gasteiger partial charge in [0.1, 0.15) is 11.6 Å². The Hall–Kier alpha value is -3.70. The zero-order chi connectivity index (χ0) is 27.6. The molecule has 0 radical (unpaired) electrons. The first-order valence-corrected chi connectivity index (χ1v) is 12.9. The fourth-order valence-electron chi connectivity index (χ4n) is 4.72. The van der Waals surface area contributed by atoms with E-state index in [9.17, 15) is 5.11 Å². The lowest BCUT2D eigenvalue weighted by atomic mass is 10.1. The maximum Gasteiger partial charge on any atom is 0.221 e. The van der Waals surface area contributed by atoms with E-state index in [1.807, 2.05) is 66.9 Å². The second kappa shape index (κ2) is 11.4. The highest BCUT2D eigenvalue weighted by Crippen LogP contribution is 2.35. The van der Waals surface area contributed by atoms with Gasteiger partial charge in [-0.2, -0.15) is 10.2 Å². The van der Waals surface area contributed by atoms with Gasteiger partial charge in [-0.25, -0.2) is 4.68 Å². The maximum absolute atomic E-state index is 9.74. The first-order valence-electron chi connectivity index (χ1n) is 12.9. The van der Waals surface area contributed by atoms with Crippen molar-refractivity contribution < 1.29 is 14.6 Å². The third-order valence-corrected chi connectivity index (χ3v) is 6.41. The average molecular weight is 523 g/mol. The molecule has 1 aliphatic heterocycles. The van der Waals surface area contributed by atoms with Crippen LogP contribution in [0.2, 0.25) is 0 Å². The number of aliphatic hydroxyl groups excluding tert-OH is 1. The van der Waals surface area contributed by atoms with Crippen molar-refractivity contribution in [1.29, 1.82) is 0 Å². The number of likely N-dealkylation sites (N-methyl/N-ethyl adjacent to an activating group) is 1. The molecule has 4 heterocycles. The molecule has 0 aliphatic carbocycles. The van der Waals surface area contributed by atoms with Crippen LogP contribution < -0.4 is 10.5 Å². The molecule has 11 heteroatoms. The van der Waals surface area contributed by atoms with Gasteiger partial charge >= 0.3 is 0 Å². The number of nitrogens with one attached hydrogen (secondary N) is 1. The van der Waals surface area contributed by atoms with E-state index in [1.165, 1.54) is 0 Å². The molecule has 0 amide bonds. The molecule has 11 nitrogen and oxygen atoms in total. The number of nitrogens with two attached hydrogens (primary N) is 1. The van der Waals surface area contributed by atoms with Crippen molar-refractivity contribution in [3.05, 3.63) is 40.7 Å². The van der Waals surface area contributed by atoms with Crippen LogP contribution in [-0.4, -0.2) is 86.2 Å². The molecule has 0 saturated carbocycles. The van der Waals surface area contributed by atoms with Crippen LogP contribution in [0.1, 0.15) is 37.9 Å². The summed E-state index contributed by atoms with van der Waals surface area (Å²) >= 11 is 0. The van der Waals surface area contributed by atoms with Gasteiger partial charge in [-0.3, -0.25) is 20.0 Å². The lowest BCUT2D eigenvalue weighted by Crippen LogP contribution is -2.36. The molecule has 2 atom stereocenters. The molecule has 0 fully saturated rings. The topological polar surface area (TPSA) is 140 Å². The Labute approximate surface area is 223 Å². The summed E-state index contributed by atoms with van der Waals surface area (Å²) in [5, 5.41) is 22.9. The highest BCUT2D eigenvalue weighted by Gasteiger charge is 2.24. The lowest BCUT2D eigenvalue weighted by Gasteiger charge is -2.24. The van der Waals surface area contributed by atoms with Crippen molar-refractivity contribution in [2.45, 2.75) is 46.8 Å². The Balaban J connectivity index is 1.97. The van der Waals surface area contributed by atoms with E-state index in [-0.39, 0.29) is 24.6 Å². The Morgan fingerprint density at radius 1 is 1.32 bits per heavy atom. The molecule has 4 rings (SSSR count). The van der Waals surface area contributed by atoms with Crippen molar-refractivity contribution in [2.75, 3.05) is 33.4 Å². The fraction of sp³-hybridized carbons (Fsp3) is 0.481. The standard InChI is InChI=1S/C27H38N8O3/c1-8-37-26(28)19-9-10-21-20-11-22(30-18(5)25(20)32-31-21)24-17(4)33-35(7)27(24)38-16(3)12-34(6)13-23(19)29-15(2)14-36/h9-11,15-16,36H,8,12-14,28H2,1-7H3,(H,31,32)/b10-9+,26-19+,29-23?. The predicted octanol–water partition coefficient (Wildman–Crippen LogP) is 2.73. The number of ether oxygens (including phenoxy) is 2. The molecular formula is C27H38N8O3. The van der Waals surface area contributed by atoms with Gasteiger partial charge in [0, 0.05) is 25.5 Å². The van der Waals surface area contributed by atoms with Gasteiger partial charge in [0.2, 0.25) is 5.88 Å². The second-order valence-electron chi connectivity index (χ2n) is 9.79. The number of hydrogen-bond acceptors (Lipinski definition) is 9. The molecule has 0 saturated heterocycles. The average Bonchev–Trinajstić information content (AvgIpc) is 3.38. The van der Waals surface area contributed by atoms with E-state index < -0.39 is 0 Å². The number of pyridine rings is 1. The predicted molar refractivity (Wildman–Crippen MR) is 149 cm³/mol. The van der Waals surface area contributed by atoms with Gasteiger partial charge in [0.25, 0.3) is 0 Å². The summed E-state index contributed by atoms with van der Waals surface area (Å²) in [5.41, 5.74) is 12.6. The van der Waals surface area contributed by atoms with E-state index in [1.54, 1.807) is 4.68 Å². The van der Waals surface area contributed by atoms with Crippen LogP contribution in [0, 0.1) is 13.8 Å². The highest BCUT2D eigenvalue weighted by molar-refractivity contribution is 6.05. The van der Waals surface area contributed by atoms with Crippen molar-refractivity contribution in [1.82, 2.24) is 29.9 Å². The first-order chi connectivity index (χ1) is 18.1. The van der Waals surface area contributed by atoms with E-state index >= 15 is 0 Å². The molecule has 4 N–H and O–H groups in total. The Bertz CT molecular complexity index is 1400. The summed E-state index contributed by atoms with van der Waals surface area (Å²) in [4.78, 5) is 11.8. The Kier molecular flexibility index (Phi) is 8.17. The van der Waals surface area contributed by atoms with Crippen LogP contribution in [0.5, 0.6) is 5.88 Å². The number of allylic oxidation sites excluding steroid dienone is 1. The largest absolute Gasteiger partial charge is 0.479 e. The fourth-order valence-corrected chi connectivity index (χ4v) is 4.72. The van der Waals surface area contributed by atoms with E-state index in [4.69, 9.17) is 25.2 Å². The first kappa shape index (κ1) is 27.3.